The highest BCUT2D eigenvalue weighted by atomic mass is 16.4. The Morgan fingerprint density at radius 2 is 1.94 bits per heavy atom. The molecular formula is C26H39N2O3+. The Labute approximate surface area is 186 Å². The Bertz CT molecular complexity index is 863. The number of fused-ring (bicyclic) bond motifs is 5. The van der Waals surface area contributed by atoms with Crippen molar-refractivity contribution >= 4 is 5.71 Å². The average molecular weight is 428 g/mol. The first-order chi connectivity index (χ1) is 14.8. The maximum absolute atomic E-state index is 11.7. The van der Waals surface area contributed by atoms with Crippen LogP contribution in [0, 0.1) is 28.6 Å². The fraction of sp³-hybridized carbons (Fsp3) is 0.731. The van der Waals surface area contributed by atoms with Gasteiger partial charge in [-0.25, -0.2) is 0 Å². The normalized spacial score (nSPS) is 51.6. The predicted octanol–water partition coefficient (Wildman–Crippen LogP) is 2.84. The van der Waals surface area contributed by atoms with Gasteiger partial charge in [-0.15, -0.1) is 0 Å². The molecular weight excluding hydrogens is 388 g/mol. The summed E-state index contributed by atoms with van der Waals surface area (Å²) < 4.78 is 0. The Kier molecular flexibility index (Phi) is 5.04. The highest BCUT2D eigenvalue weighted by Gasteiger charge is 2.73. The van der Waals surface area contributed by atoms with Crippen molar-refractivity contribution in [1.82, 2.24) is 0 Å². The van der Waals surface area contributed by atoms with Crippen LogP contribution < -0.4 is 4.90 Å². The van der Waals surface area contributed by atoms with Gasteiger partial charge in [-0.2, -0.15) is 0 Å². The third-order valence-electron chi connectivity index (χ3n) is 10.5. The van der Waals surface area contributed by atoms with Gasteiger partial charge in [0.1, 0.15) is 18.4 Å². The molecule has 5 heteroatoms. The van der Waals surface area contributed by atoms with Gasteiger partial charge in [0.15, 0.2) is 5.54 Å². The zero-order valence-electron chi connectivity index (χ0n) is 19.2. The van der Waals surface area contributed by atoms with Gasteiger partial charge in [-0.3, -0.25) is 4.90 Å². The first kappa shape index (κ1) is 21.4. The Morgan fingerprint density at radius 3 is 2.65 bits per heavy atom. The third-order valence-corrected chi connectivity index (χ3v) is 10.5. The maximum atomic E-state index is 11.7. The molecule has 5 aliphatic rings. The number of aliphatic hydroxyl groups is 2. The minimum Gasteiger partial charge on any atom is -0.411 e. The van der Waals surface area contributed by atoms with E-state index in [0.717, 1.165) is 51.5 Å². The Morgan fingerprint density at radius 1 is 1.13 bits per heavy atom. The minimum atomic E-state index is -0.605. The third kappa shape index (κ3) is 2.69. The van der Waals surface area contributed by atoms with Crippen LogP contribution >= 0.6 is 0 Å². The summed E-state index contributed by atoms with van der Waals surface area (Å²) in [5, 5.41) is 35.6. The van der Waals surface area contributed by atoms with Crippen molar-refractivity contribution in [2.45, 2.75) is 83.5 Å². The van der Waals surface area contributed by atoms with E-state index in [-0.39, 0.29) is 16.9 Å². The van der Waals surface area contributed by atoms with Gasteiger partial charge in [0.2, 0.25) is 0 Å². The Hall–Kier alpha value is -1.43. The molecule has 1 heterocycles. The standard InChI is InChI=1S/C26H38N2O3/c1-17(27-31)26(28-13-5-4-6-14-28)23(30)16-22-20-8-7-18-15-19(29)9-11-24(18,2)21(20)10-12-25(22,26)3/h4-7,13,19-23,29-31H,8-12,14-16H2,1-3H3/p+1/b27-17+/t19?,20?,21?,22?,23-,24+,25+,26-/m1/s1. The minimum absolute atomic E-state index is 0.134. The van der Waals surface area contributed by atoms with Crippen molar-refractivity contribution in [3.8, 4) is 0 Å². The van der Waals surface area contributed by atoms with E-state index in [0.29, 0.717) is 23.5 Å². The van der Waals surface area contributed by atoms with Crippen LogP contribution in [0.2, 0.25) is 0 Å². The topological polar surface area (TPSA) is 77.5 Å². The van der Waals surface area contributed by atoms with E-state index in [1.807, 2.05) is 6.92 Å². The van der Waals surface area contributed by atoms with E-state index in [1.54, 1.807) is 0 Å². The lowest BCUT2D eigenvalue weighted by molar-refractivity contribution is -0.898. The monoisotopic (exact) mass is 427 g/mol. The van der Waals surface area contributed by atoms with Crippen LogP contribution in [0.1, 0.15) is 65.7 Å². The maximum Gasteiger partial charge on any atom is 0.175 e. The molecule has 5 rings (SSSR count). The van der Waals surface area contributed by atoms with Gasteiger partial charge >= 0.3 is 0 Å². The van der Waals surface area contributed by atoms with Gasteiger partial charge in [0.25, 0.3) is 0 Å². The van der Waals surface area contributed by atoms with E-state index < -0.39 is 11.6 Å². The van der Waals surface area contributed by atoms with Crippen LogP contribution in [-0.2, 0) is 0 Å². The molecule has 1 aliphatic heterocycles. The van der Waals surface area contributed by atoms with Crippen molar-refractivity contribution in [2.24, 2.45) is 33.7 Å². The molecule has 5 unspecified atom stereocenters. The van der Waals surface area contributed by atoms with E-state index >= 15 is 0 Å². The van der Waals surface area contributed by atoms with Crippen LogP contribution in [0.5, 0.6) is 0 Å². The summed E-state index contributed by atoms with van der Waals surface area (Å²) in [7, 11) is 0. The molecule has 4 N–H and O–H groups in total. The second-order valence-electron chi connectivity index (χ2n) is 11.4. The number of hydrogen-bond donors (Lipinski definition) is 4. The quantitative estimate of drug-likeness (QED) is 0.237. The summed E-state index contributed by atoms with van der Waals surface area (Å²) in [5.41, 5.74) is 1.58. The number of nitrogens with one attached hydrogen (secondary N) is 1. The SMILES string of the molecule is C/C(=N\O)[C@@]1([NH+]2C=CC=CC2)[C@H](O)CC2C3CC=C4CC(O)CC[C@]4(C)C3CC[C@@]21C. The molecule has 4 aliphatic carbocycles. The second-order valence-corrected chi connectivity index (χ2v) is 11.4. The predicted molar refractivity (Wildman–Crippen MR) is 121 cm³/mol. The van der Waals surface area contributed by atoms with Crippen molar-refractivity contribution in [2.75, 3.05) is 6.54 Å². The van der Waals surface area contributed by atoms with Gasteiger partial charge in [0.05, 0.1) is 12.3 Å². The summed E-state index contributed by atoms with van der Waals surface area (Å²) in [4.78, 5) is 1.19. The number of allylic oxidation sites excluding steroid dienone is 3. The lowest BCUT2D eigenvalue weighted by Gasteiger charge is -2.59. The molecule has 0 bridgehead atoms. The molecule has 0 aromatic rings. The zero-order valence-corrected chi connectivity index (χ0v) is 19.2. The van der Waals surface area contributed by atoms with Crippen molar-refractivity contribution in [1.29, 1.82) is 0 Å². The first-order valence-electron chi connectivity index (χ1n) is 12.2. The summed E-state index contributed by atoms with van der Waals surface area (Å²) in [6.45, 7) is 7.51. The zero-order chi connectivity index (χ0) is 22.0. The highest BCUT2D eigenvalue weighted by Crippen LogP contribution is 2.66. The molecule has 31 heavy (non-hydrogen) atoms. The molecule has 5 nitrogen and oxygen atoms in total. The molecule has 0 aromatic heterocycles. The van der Waals surface area contributed by atoms with Crippen molar-refractivity contribution < 1.29 is 20.3 Å². The number of hydrogen-bond acceptors (Lipinski definition) is 4. The molecule has 3 saturated carbocycles. The molecule has 0 aromatic carbocycles. The van der Waals surface area contributed by atoms with E-state index in [2.05, 4.69) is 49.5 Å². The number of rotatable bonds is 2. The van der Waals surface area contributed by atoms with E-state index in [4.69, 9.17) is 0 Å². The van der Waals surface area contributed by atoms with Crippen molar-refractivity contribution in [3.63, 3.8) is 0 Å². The summed E-state index contributed by atoms with van der Waals surface area (Å²) in [6, 6.07) is 0. The highest BCUT2D eigenvalue weighted by molar-refractivity contribution is 5.92. The second kappa shape index (κ2) is 7.29. The fourth-order valence-electron chi connectivity index (χ4n) is 9.04. The summed E-state index contributed by atoms with van der Waals surface area (Å²) in [6.07, 6.45) is 16.9. The van der Waals surface area contributed by atoms with Crippen LogP contribution in [0.3, 0.4) is 0 Å². The van der Waals surface area contributed by atoms with Crippen LogP contribution in [0.15, 0.2) is 41.2 Å². The summed E-state index contributed by atoms with van der Waals surface area (Å²) >= 11 is 0. The van der Waals surface area contributed by atoms with Crippen LogP contribution in [0.4, 0.5) is 0 Å². The number of quaternary nitrogens is 1. The van der Waals surface area contributed by atoms with Crippen LogP contribution in [0.25, 0.3) is 0 Å². The van der Waals surface area contributed by atoms with Gasteiger partial charge in [-0.05, 0) is 87.2 Å². The van der Waals surface area contributed by atoms with E-state index in [1.165, 1.54) is 10.5 Å². The average Bonchev–Trinajstić information content (AvgIpc) is 3.01. The largest absolute Gasteiger partial charge is 0.411 e. The van der Waals surface area contributed by atoms with Crippen LogP contribution in [-0.4, -0.2) is 45.4 Å². The Balaban J connectivity index is 1.57. The number of aliphatic hydroxyl groups excluding tert-OH is 2. The molecule has 3 fully saturated rings. The lowest BCUT2D eigenvalue weighted by atomic mass is 9.46. The molecule has 0 amide bonds. The number of nitrogens with zero attached hydrogens (tertiary/aromatic N) is 1. The molecule has 170 valence electrons. The van der Waals surface area contributed by atoms with Gasteiger partial charge in [-0.1, -0.05) is 36.7 Å². The smallest absolute Gasteiger partial charge is 0.175 e. The lowest BCUT2D eigenvalue weighted by Crippen LogP contribution is -3.21. The molecule has 0 radical (unpaired) electrons. The molecule has 0 saturated heterocycles. The van der Waals surface area contributed by atoms with Gasteiger partial charge < -0.3 is 15.4 Å². The first-order valence-corrected chi connectivity index (χ1v) is 12.2. The fourth-order valence-corrected chi connectivity index (χ4v) is 9.04. The van der Waals surface area contributed by atoms with Crippen molar-refractivity contribution in [3.05, 3.63) is 36.1 Å². The number of oxime groups is 1. The molecule has 9 atom stereocenters. The van der Waals surface area contributed by atoms with Gasteiger partial charge in [0, 0.05) is 5.41 Å². The van der Waals surface area contributed by atoms with E-state index in [9.17, 15) is 15.4 Å². The molecule has 0 spiro atoms. The summed E-state index contributed by atoms with van der Waals surface area (Å²) in [5.74, 6) is 1.54.